The van der Waals surface area contributed by atoms with Crippen LogP contribution < -0.4 is 0 Å². The van der Waals surface area contributed by atoms with Gasteiger partial charge >= 0.3 is 22.1 Å². The van der Waals surface area contributed by atoms with Crippen LogP contribution in [0.3, 0.4) is 0 Å². The predicted octanol–water partition coefficient (Wildman–Crippen LogP) is 3.53. The Hall–Kier alpha value is -0.280. The topological polar surface area (TPSA) is 0 Å². The molecule has 0 aromatic carbocycles. The maximum atomic E-state index is 12.7. The van der Waals surface area contributed by atoms with Gasteiger partial charge in [-0.25, -0.2) is 13.2 Å². The van der Waals surface area contributed by atoms with E-state index in [-0.39, 0.29) is 0 Å². The summed E-state index contributed by atoms with van der Waals surface area (Å²) in [6.45, 7) is 0. The molecule has 1 heterocycles. The molecule has 1 aliphatic rings. The summed E-state index contributed by atoms with van der Waals surface area (Å²) in [7, 11) is 0. The van der Waals surface area contributed by atoms with Gasteiger partial charge in [-0.1, -0.05) is 0 Å². The lowest BCUT2D eigenvalue weighted by molar-refractivity contribution is -0.287. The van der Waals surface area contributed by atoms with Gasteiger partial charge in [0.25, 0.3) is 6.43 Å². The Bertz CT molecular complexity index is 274. The Morgan fingerprint density at radius 1 is 0.733 bits per heavy atom. The van der Waals surface area contributed by atoms with Gasteiger partial charge in [0.15, 0.2) is 0 Å². The minimum absolute atomic E-state index is 2.10. The van der Waals surface area contributed by atoms with Gasteiger partial charge in [-0.05, 0) is 11.8 Å². The van der Waals surface area contributed by atoms with Crippen molar-refractivity contribution in [1.82, 2.24) is 0 Å². The van der Waals surface area contributed by atoms with Crippen LogP contribution in [0.4, 0.5) is 39.5 Å². The fourth-order valence-electron chi connectivity index (χ4n) is 0.958. The van der Waals surface area contributed by atoms with E-state index in [9.17, 15) is 39.5 Å². The van der Waals surface area contributed by atoms with Gasteiger partial charge in [-0.2, -0.15) is 26.3 Å². The second kappa shape index (κ2) is 2.89. The van der Waals surface area contributed by atoms with Crippen molar-refractivity contribution in [3.8, 4) is 0 Å². The molecule has 1 rings (SSSR count). The van der Waals surface area contributed by atoms with Crippen molar-refractivity contribution in [1.29, 1.82) is 0 Å². The molecule has 0 spiro atoms. The molecule has 0 amide bonds. The number of halogens is 9. The van der Waals surface area contributed by atoms with Gasteiger partial charge < -0.3 is 0 Å². The van der Waals surface area contributed by atoms with Crippen molar-refractivity contribution in [2.75, 3.05) is 0 Å². The van der Waals surface area contributed by atoms with Gasteiger partial charge in [-0.15, -0.1) is 0 Å². The number of thioether (sulfide) groups is 1. The lowest BCUT2D eigenvalue weighted by Crippen LogP contribution is -2.59. The standard InChI is InChI=1S/C5HF9S/c6-1(7)2(8)3(9,10)5(13,14)15-4(2,11)12/h1H. The fourth-order valence-corrected chi connectivity index (χ4v) is 1.92. The molecular weight excluding hydrogens is 263 g/mol. The lowest BCUT2D eigenvalue weighted by Gasteiger charge is -2.29. The van der Waals surface area contributed by atoms with Gasteiger partial charge in [0, 0.05) is 0 Å². The summed E-state index contributed by atoms with van der Waals surface area (Å²) in [6, 6.07) is 0. The van der Waals surface area contributed by atoms with Crippen LogP contribution in [0, 0.1) is 0 Å². The quantitative estimate of drug-likeness (QED) is 0.653. The number of hydrogen-bond acceptors (Lipinski definition) is 1. The van der Waals surface area contributed by atoms with Gasteiger partial charge in [0.05, 0.1) is 0 Å². The number of hydrogen-bond donors (Lipinski definition) is 0. The molecule has 0 aromatic heterocycles. The smallest absolute Gasteiger partial charge is 0.222 e. The fraction of sp³-hybridized carbons (Fsp3) is 1.00. The molecule has 15 heavy (non-hydrogen) atoms. The van der Waals surface area contributed by atoms with Gasteiger partial charge in [0.1, 0.15) is 0 Å². The summed E-state index contributed by atoms with van der Waals surface area (Å²) in [5.41, 5.74) is -5.87. The van der Waals surface area contributed by atoms with E-state index in [4.69, 9.17) is 0 Å². The highest BCUT2D eigenvalue weighted by Gasteiger charge is 2.91. The zero-order chi connectivity index (χ0) is 12.3. The number of rotatable bonds is 1. The third-order valence-electron chi connectivity index (χ3n) is 1.80. The Morgan fingerprint density at radius 3 is 1.27 bits per heavy atom. The largest absolute Gasteiger partial charge is 0.366 e. The van der Waals surface area contributed by atoms with Crippen LogP contribution in [0.5, 0.6) is 0 Å². The summed E-state index contributed by atoms with van der Waals surface area (Å²) in [6.07, 6.45) is -4.93. The molecule has 0 nitrogen and oxygen atoms in total. The molecule has 1 aliphatic heterocycles. The molecule has 1 fully saturated rings. The molecule has 10 heteroatoms. The van der Waals surface area contributed by atoms with E-state index in [0.717, 1.165) is 0 Å². The first kappa shape index (κ1) is 12.8. The van der Waals surface area contributed by atoms with Crippen LogP contribution in [0.25, 0.3) is 0 Å². The van der Waals surface area contributed by atoms with Crippen molar-refractivity contribution in [2.45, 2.75) is 28.5 Å². The normalized spacial score (nSPS) is 37.2. The maximum absolute atomic E-state index is 12.7. The Labute approximate surface area is 80.8 Å². The highest BCUT2D eigenvalue weighted by molar-refractivity contribution is 8.01. The van der Waals surface area contributed by atoms with Crippen molar-refractivity contribution in [2.24, 2.45) is 0 Å². The zero-order valence-corrected chi connectivity index (χ0v) is 7.20. The van der Waals surface area contributed by atoms with Crippen LogP contribution in [0.15, 0.2) is 0 Å². The molecular formula is C5HF9S. The predicted molar refractivity (Wildman–Crippen MR) is 32.3 cm³/mol. The molecule has 0 N–H and O–H groups in total. The second-order valence-corrected chi connectivity index (χ2v) is 3.95. The molecule has 0 aliphatic carbocycles. The minimum atomic E-state index is -6.14. The van der Waals surface area contributed by atoms with Crippen LogP contribution >= 0.6 is 11.8 Å². The lowest BCUT2D eigenvalue weighted by atomic mass is 9.99. The molecule has 0 saturated carbocycles. The highest BCUT2D eigenvalue weighted by atomic mass is 32.2. The summed E-state index contributed by atoms with van der Waals surface area (Å²) >= 11 is -2.10. The first-order chi connectivity index (χ1) is 6.40. The second-order valence-electron chi connectivity index (χ2n) is 2.72. The third-order valence-corrected chi connectivity index (χ3v) is 2.87. The highest BCUT2D eigenvalue weighted by Crippen LogP contribution is 2.69. The summed E-state index contributed by atoms with van der Waals surface area (Å²) in [5.74, 6) is -6.14. The van der Waals surface area contributed by atoms with E-state index < -0.39 is 40.3 Å². The Balaban J connectivity index is 3.37. The van der Waals surface area contributed by atoms with Crippen molar-refractivity contribution in [3.05, 3.63) is 0 Å². The Morgan fingerprint density at radius 2 is 1.13 bits per heavy atom. The van der Waals surface area contributed by atoms with Crippen molar-refractivity contribution in [3.63, 3.8) is 0 Å². The molecule has 1 saturated heterocycles. The minimum Gasteiger partial charge on any atom is -0.222 e. The first-order valence-corrected chi connectivity index (χ1v) is 4.02. The average molecular weight is 264 g/mol. The first-order valence-electron chi connectivity index (χ1n) is 3.21. The molecule has 1 unspecified atom stereocenters. The van der Waals surface area contributed by atoms with E-state index in [1.165, 1.54) is 0 Å². The van der Waals surface area contributed by atoms with E-state index in [1.807, 2.05) is 0 Å². The monoisotopic (exact) mass is 264 g/mol. The van der Waals surface area contributed by atoms with E-state index in [0.29, 0.717) is 0 Å². The summed E-state index contributed by atoms with van der Waals surface area (Å²) in [4.78, 5) is 0. The molecule has 0 radical (unpaired) electrons. The zero-order valence-electron chi connectivity index (χ0n) is 6.39. The number of alkyl halides is 9. The van der Waals surface area contributed by atoms with E-state index in [1.54, 1.807) is 0 Å². The SMILES string of the molecule is FC(F)C1(F)C(F)(F)SC(F)(F)C1(F)F. The summed E-state index contributed by atoms with van der Waals surface area (Å²) in [5, 5.41) is -11.1. The molecule has 0 aromatic rings. The van der Waals surface area contributed by atoms with E-state index in [2.05, 4.69) is 0 Å². The third kappa shape index (κ3) is 1.26. The van der Waals surface area contributed by atoms with Crippen LogP contribution in [-0.4, -0.2) is 28.5 Å². The van der Waals surface area contributed by atoms with Gasteiger partial charge in [0.2, 0.25) is 0 Å². The van der Waals surface area contributed by atoms with E-state index >= 15 is 0 Å². The average Bonchev–Trinajstić information content (AvgIpc) is 2.06. The van der Waals surface area contributed by atoms with Gasteiger partial charge in [-0.3, -0.25) is 0 Å². The molecule has 1 atom stereocenters. The van der Waals surface area contributed by atoms with Crippen molar-refractivity contribution < 1.29 is 39.5 Å². The van der Waals surface area contributed by atoms with Crippen molar-refractivity contribution >= 4 is 11.8 Å². The van der Waals surface area contributed by atoms with Crippen LogP contribution in [-0.2, 0) is 0 Å². The molecule has 0 bridgehead atoms. The maximum Gasteiger partial charge on any atom is 0.366 e. The summed E-state index contributed by atoms with van der Waals surface area (Å²) < 4.78 is 110. The molecule has 90 valence electrons. The van der Waals surface area contributed by atoms with Crippen LogP contribution in [0.1, 0.15) is 0 Å². The van der Waals surface area contributed by atoms with Crippen LogP contribution in [0.2, 0.25) is 0 Å². The Kier molecular flexibility index (Phi) is 2.46.